The molecule has 0 aliphatic heterocycles. The maximum absolute atomic E-state index is 11.1. The van der Waals surface area contributed by atoms with E-state index in [0.29, 0.717) is 30.8 Å². The monoisotopic (exact) mass is 242 g/mol. The van der Waals surface area contributed by atoms with Crippen molar-refractivity contribution < 1.29 is 9.53 Å². The highest BCUT2D eigenvalue weighted by Crippen LogP contribution is 1.97. The molecule has 88 valence electrons. The van der Waals surface area contributed by atoms with Crippen LogP contribution in [0.15, 0.2) is 17.1 Å². The van der Waals surface area contributed by atoms with Gasteiger partial charge < -0.3 is 9.30 Å². The van der Waals surface area contributed by atoms with Gasteiger partial charge in [-0.2, -0.15) is 0 Å². The number of H-pyrrole nitrogens is 1. The molecular formula is C10H14N2O3S. The first-order chi connectivity index (χ1) is 7.63. The maximum Gasteiger partial charge on any atom is 0.305 e. The van der Waals surface area contributed by atoms with Crippen LogP contribution < -0.4 is 5.56 Å². The summed E-state index contributed by atoms with van der Waals surface area (Å²) in [5.74, 6) is -0.210. The Labute approximate surface area is 98.1 Å². The van der Waals surface area contributed by atoms with Crippen LogP contribution in [0.4, 0.5) is 0 Å². The minimum absolute atomic E-state index is 0.210. The number of ether oxygens (including phenoxy) is 1. The van der Waals surface area contributed by atoms with Crippen LogP contribution in [-0.4, -0.2) is 22.1 Å². The van der Waals surface area contributed by atoms with Crippen molar-refractivity contribution in [2.24, 2.45) is 0 Å². The Morgan fingerprint density at radius 2 is 2.38 bits per heavy atom. The van der Waals surface area contributed by atoms with E-state index in [0.717, 1.165) is 0 Å². The van der Waals surface area contributed by atoms with Crippen molar-refractivity contribution in [1.82, 2.24) is 9.55 Å². The summed E-state index contributed by atoms with van der Waals surface area (Å²) in [4.78, 5) is 24.5. The predicted molar refractivity (Wildman–Crippen MR) is 61.8 cm³/mol. The summed E-state index contributed by atoms with van der Waals surface area (Å²) in [6, 6.07) is 1.40. The number of nitrogens with one attached hydrogen (secondary N) is 1. The van der Waals surface area contributed by atoms with E-state index >= 15 is 0 Å². The molecule has 1 aromatic rings. The van der Waals surface area contributed by atoms with Gasteiger partial charge in [0.15, 0.2) is 4.77 Å². The van der Waals surface area contributed by atoms with Gasteiger partial charge in [0, 0.05) is 25.2 Å². The van der Waals surface area contributed by atoms with Crippen molar-refractivity contribution in [3.63, 3.8) is 0 Å². The zero-order valence-corrected chi connectivity index (χ0v) is 9.88. The van der Waals surface area contributed by atoms with Crippen molar-refractivity contribution in [2.75, 3.05) is 6.61 Å². The average Bonchev–Trinajstić information content (AvgIpc) is 2.22. The number of nitrogens with zero attached hydrogens (tertiary/aromatic N) is 1. The molecule has 5 nitrogen and oxygen atoms in total. The Hall–Kier alpha value is -1.43. The van der Waals surface area contributed by atoms with Crippen LogP contribution in [0.3, 0.4) is 0 Å². The minimum atomic E-state index is -0.216. The number of hydrogen-bond acceptors (Lipinski definition) is 4. The molecule has 0 aliphatic carbocycles. The van der Waals surface area contributed by atoms with Gasteiger partial charge in [-0.05, 0) is 25.6 Å². The SMILES string of the molecule is CCOC(=O)CCCn1ccc(=O)[nH]c1=S. The third-order valence-electron chi connectivity index (χ3n) is 1.98. The van der Waals surface area contributed by atoms with E-state index in [9.17, 15) is 9.59 Å². The third kappa shape index (κ3) is 3.98. The predicted octanol–water partition coefficient (Wildman–Crippen LogP) is 1.25. The summed E-state index contributed by atoms with van der Waals surface area (Å²) in [6.07, 6.45) is 2.61. The number of aryl methyl sites for hydroxylation is 1. The summed E-state index contributed by atoms with van der Waals surface area (Å²) < 4.78 is 6.89. The van der Waals surface area contributed by atoms with Crippen molar-refractivity contribution in [2.45, 2.75) is 26.3 Å². The van der Waals surface area contributed by atoms with E-state index in [-0.39, 0.29) is 11.5 Å². The van der Waals surface area contributed by atoms with E-state index < -0.39 is 0 Å². The van der Waals surface area contributed by atoms with Crippen molar-refractivity contribution in [1.29, 1.82) is 0 Å². The first-order valence-corrected chi connectivity index (χ1v) is 5.49. The lowest BCUT2D eigenvalue weighted by molar-refractivity contribution is -0.143. The number of hydrogen-bond donors (Lipinski definition) is 1. The Morgan fingerprint density at radius 3 is 3.00 bits per heavy atom. The van der Waals surface area contributed by atoms with Crippen LogP contribution >= 0.6 is 12.2 Å². The van der Waals surface area contributed by atoms with Crippen LogP contribution in [0.2, 0.25) is 0 Å². The van der Waals surface area contributed by atoms with Crippen molar-refractivity contribution >= 4 is 18.2 Å². The van der Waals surface area contributed by atoms with E-state index in [1.54, 1.807) is 17.7 Å². The van der Waals surface area contributed by atoms with Gasteiger partial charge in [0.2, 0.25) is 0 Å². The fourth-order valence-electron chi connectivity index (χ4n) is 1.25. The van der Waals surface area contributed by atoms with Crippen LogP contribution in [-0.2, 0) is 16.1 Å². The van der Waals surface area contributed by atoms with Gasteiger partial charge >= 0.3 is 5.97 Å². The molecule has 1 rings (SSSR count). The summed E-state index contributed by atoms with van der Waals surface area (Å²) in [5.41, 5.74) is -0.216. The Morgan fingerprint density at radius 1 is 1.62 bits per heavy atom. The second-order valence-electron chi connectivity index (χ2n) is 3.21. The van der Waals surface area contributed by atoms with E-state index in [4.69, 9.17) is 17.0 Å². The van der Waals surface area contributed by atoms with Gasteiger partial charge in [0.05, 0.1) is 6.61 Å². The van der Waals surface area contributed by atoms with Crippen LogP contribution in [0.25, 0.3) is 0 Å². The highest BCUT2D eigenvalue weighted by Gasteiger charge is 2.01. The Bertz CT molecular complexity index is 464. The van der Waals surface area contributed by atoms with E-state index in [2.05, 4.69) is 4.98 Å². The molecule has 0 radical (unpaired) electrons. The van der Waals surface area contributed by atoms with Gasteiger partial charge in [-0.3, -0.25) is 14.6 Å². The molecule has 0 saturated heterocycles. The first kappa shape index (κ1) is 12.6. The van der Waals surface area contributed by atoms with Crippen LogP contribution in [0.1, 0.15) is 19.8 Å². The summed E-state index contributed by atoms with van der Waals surface area (Å²) in [5, 5.41) is 0. The zero-order chi connectivity index (χ0) is 12.0. The van der Waals surface area contributed by atoms with Gasteiger partial charge in [0.1, 0.15) is 0 Å². The molecule has 0 amide bonds. The Balaban J connectivity index is 2.46. The second kappa shape index (κ2) is 6.22. The molecule has 0 bridgehead atoms. The molecule has 6 heteroatoms. The number of aromatic nitrogens is 2. The number of aromatic amines is 1. The molecule has 0 fully saturated rings. The van der Waals surface area contributed by atoms with Crippen molar-refractivity contribution in [3.8, 4) is 0 Å². The van der Waals surface area contributed by atoms with Crippen LogP contribution in [0.5, 0.6) is 0 Å². The van der Waals surface area contributed by atoms with Crippen LogP contribution in [0, 0.1) is 4.77 Å². The summed E-state index contributed by atoms with van der Waals surface area (Å²) in [6.45, 7) is 2.77. The Kier molecular flexibility index (Phi) is 4.91. The molecule has 0 aromatic carbocycles. The van der Waals surface area contributed by atoms with Gasteiger partial charge in [-0.1, -0.05) is 0 Å². The molecule has 0 saturated carbocycles. The number of esters is 1. The number of carbonyl (C=O) groups is 1. The summed E-state index contributed by atoms with van der Waals surface area (Å²) >= 11 is 4.96. The third-order valence-corrected chi connectivity index (χ3v) is 2.32. The second-order valence-corrected chi connectivity index (χ2v) is 3.60. The standard InChI is InChI=1S/C10H14N2O3S/c1-2-15-9(14)4-3-6-12-7-5-8(13)11-10(12)16/h5,7H,2-4,6H2,1H3,(H,11,13,16). The van der Waals surface area contributed by atoms with Gasteiger partial charge in [-0.25, -0.2) is 0 Å². The van der Waals surface area contributed by atoms with E-state index in [1.807, 2.05) is 0 Å². The number of carbonyl (C=O) groups excluding carboxylic acids is 1. The fraction of sp³-hybridized carbons (Fsp3) is 0.500. The highest BCUT2D eigenvalue weighted by atomic mass is 32.1. The molecule has 0 unspecified atom stereocenters. The minimum Gasteiger partial charge on any atom is -0.466 e. The lowest BCUT2D eigenvalue weighted by Crippen LogP contribution is -2.12. The molecular weight excluding hydrogens is 228 g/mol. The molecule has 1 aromatic heterocycles. The lowest BCUT2D eigenvalue weighted by atomic mass is 10.3. The molecule has 1 heterocycles. The van der Waals surface area contributed by atoms with Gasteiger partial charge in [0.25, 0.3) is 5.56 Å². The molecule has 0 spiro atoms. The first-order valence-electron chi connectivity index (χ1n) is 5.09. The fourth-order valence-corrected chi connectivity index (χ4v) is 1.50. The quantitative estimate of drug-likeness (QED) is 0.623. The highest BCUT2D eigenvalue weighted by molar-refractivity contribution is 7.71. The maximum atomic E-state index is 11.1. The smallest absolute Gasteiger partial charge is 0.305 e. The largest absolute Gasteiger partial charge is 0.466 e. The molecule has 0 atom stereocenters. The summed E-state index contributed by atoms with van der Waals surface area (Å²) in [7, 11) is 0. The topological polar surface area (TPSA) is 64.1 Å². The number of rotatable bonds is 5. The van der Waals surface area contributed by atoms with Crippen molar-refractivity contribution in [3.05, 3.63) is 27.4 Å². The normalized spacial score (nSPS) is 10.1. The zero-order valence-electron chi connectivity index (χ0n) is 9.06. The molecule has 0 aliphatic rings. The van der Waals surface area contributed by atoms with E-state index in [1.165, 1.54) is 6.07 Å². The van der Waals surface area contributed by atoms with Gasteiger partial charge in [-0.15, -0.1) is 0 Å². The molecule has 16 heavy (non-hydrogen) atoms. The average molecular weight is 242 g/mol. The lowest BCUT2D eigenvalue weighted by Gasteiger charge is -2.05. The molecule has 1 N–H and O–H groups in total.